The minimum absolute atomic E-state index is 0.0660. The summed E-state index contributed by atoms with van der Waals surface area (Å²) in [5.41, 5.74) is 3.59. The van der Waals surface area contributed by atoms with Crippen molar-refractivity contribution >= 4 is 16.8 Å². The minimum atomic E-state index is 0.0660. The number of piperidine rings is 1. The third kappa shape index (κ3) is 4.85. The fourth-order valence-electron chi connectivity index (χ4n) is 4.45. The topological polar surface area (TPSA) is 55.7 Å². The molecule has 1 aromatic heterocycles. The Balaban J connectivity index is 1.30. The van der Waals surface area contributed by atoms with E-state index in [-0.39, 0.29) is 11.8 Å². The fourth-order valence-corrected chi connectivity index (χ4v) is 4.45. The Hall–Kier alpha value is -2.99. The van der Waals surface area contributed by atoms with Gasteiger partial charge >= 0.3 is 0 Å². The number of carbonyl (C=O) groups excluding carboxylic acids is 1. The van der Waals surface area contributed by atoms with E-state index in [1.807, 2.05) is 18.2 Å². The van der Waals surface area contributed by atoms with E-state index in [1.165, 1.54) is 16.5 Å². The number of nitrogens with one attached hydrogen (secondary N) is 1. The third-order valence-electron chi connectivity index (χ3n) is 6.21. The first-order valence-electron chi connectivity index (χ1n) is 10.8. The zero-order valence-electron chi connectivity index (χ0n) is 18.6. The fraction of sp³-hybridized carbons (Fsp3) is 0.400. The van der Waals surface area contributed by atoms with Gasteiger partial charge in [-0.1, -0.05) is 18.2 Å². The number of aromatic nitrogens is 1. The Bertz CT molecular complexity index is 1030. The predicted molar refractivity (Wildman–Crippen MR) is 122 cm³/mol. The summed E-state index contributed by atoms with van der Waals surface area (Å²) in [6, 6.07) is 14.2. The molecule has 164 valence electrons. The van der Waals surface area contributed by atoms with Crippen LogP contribution in [-0.4, -0.2) is 42.7 Å². The number of para-hydroxylation sites is 1. The summed E-state index contributed by atoms with van der Waals surface area (Å²) < 4.78 is 12.8. The number of methoxy groups -OCH3 is 2. The van der Waals surface area contributed by atoms with Gasteiger partial charge in [0.05, 0.1) is 14.2 Å². The van der Waals surface area contributed by atoms with Crippen molar-refractivity contribution in [3.63, 3.8) is 0 Å². The summed E-state index contributed by atoms with van der Waals surface area (Å²) in [7, 11) is 5.35. The number of hydrogen-bond acceptors (Lipinski definition) is 4. The number of hydrogen-bond donors (Lipinski definition) is 1. The van der Waals surface area contributed by atoms with Gasteiger partial charge in [0.1, 0.15) is 11.5 Å². The summed E-state index contributed by atoms with van der Waals surface area (Å²) in [5, 5.41) is 4.41. The molecule has 0 unspecified atom stereocenters. The van der Waals surface area contributed by atoms with Gasteiger partial charge in [-0.2, -0.15) is 0 Å². The van der Waals surface area contributed by atoms with Crippen LogP contribution in [0, 0.1) is 5.92 Å². The molecule has 0 radical (unpaired) electrons. The molecule has 0 spiro atoms. The van der Waals surface area contributed by atoms with Crippen LogP contribution in [0.15, 0.2) is 48.7 Å². The molecule has 0 bridgehead atoms. The number of nitrogens with zero attached hydrogens (tertiary/aromatic N) is 2. The highest BCUT2D eigenvalue weighted by Crippen LogP contribution is 2.25. The molecule has 0 aliphatic carbocycles. The highest BCUT2D eigenvalue weighted by Gasteiger charge is 2.25. The molecule has 0 atom stereocenters. The molecule has 0 saturated carbocycles. The van der Waals surface area contributed by atoms with Crippen LogP contribution in [0.2, 0.25) is 0 Å². The maximum Gasteiger partial charge on any atom is 0.223 e. The van der Waals surface area contributed by atoms with Crippen LogP contribution in [0.3, 0.4) is 0 Å². The van der Waals surface area contributed by atoms with Crippen LogP contribution >= 0.6 is 0 Å². The molecule has 1 saturated heterocycles. The number of fused-ring (bicyclic) bond motifs is 1. The predicted octanol–water partition coefficient (Wildman–Crippen LogP) is 3.72. The molecular formula is C25H31N3O3. The van der Waals surface area contributed by atoms with Crippen LogP contribution in [-0.2, 0) is 24.9 Å². The lowest BCUT2D eigenvalue weighted by Gasteiger charge is -2.31. The van der Waals surface area contributed by atoms with Crippen LogP contribution in [0.4, 0.5) is 0 Å². The van der Waals surface area contributed by atoms with Crippen molar-refractivity contribution in [3.05, 3.63) is 59.8 Å². The van der Waals surface area contributed by atoms with Crippen molar-refractivity contribution in [2.75, 3.05) is 27.3 Å². The lowest BCUT2D eigenvalue weighted by Crippen LogP contribution is -2.40. The van der Waals surface area contributed by atoms with Gasteiger partial charge in [0.2, 0.25) is 5.91 Å². The van der Waals surface area contributed by atoms with Gasteiger partial charge in [-0.25, -0.2) is 0 Å². The van der Waals surface area contributed by atoms with Crippen molar-refractivity contribution in [2.45, 2.75) is 25.9 Å². The van der Waals surface area contributed by atoms with E-state index in [1.54, 1.807) is 14.2 Å². The van der Waals surface area contributed by atoms with E-state index in [9.17, 15) is 4.79 Å². The first-order chi connectivity index (χ1) is 15.1. The largest absolute Gasteiger partial charge is 0.497 e. The Kier molecular flexibility index (Phi) is 6.47. The molecule has 31 heavy (non-hydrogen) atoms. The van der Waals surface area contributed by atoms with Crippen molar-refractivity contribution in [2.24, 2.45) is 13.0 Å². The van der Waals surface area contributed by atoms with Crippen LogP contribution in [0.1, 0.15) is 24.0 Å². The molecule has 6 heteroatoms. The van der Waals surface area contributed by atoms with Gasteiger partial charge in [0.15, 0.2) is 0 Å². The van der Waals surface area contributed by atoms with Crippen molar-refractivity contribution < 1.29 is 14.3 Å². The lowest BCUT2D eigenvalue weighted by molar-refractivity contribution is -0.126. The molecule has 1 aliphatic heterocycles. The van der Waals surface area contributed by atoms with Crippen molar-refractivity contribution in [1.29, 1.82) is 0 Å². The van der Waals surface area contributed by atoms with Gasteiger partial charge in [0.25, 0.3) is 0 Å². The van der Waals surface area contributed by atoms with Crippen molar-refractivity contribution in [3.8, 4) is 11.5 Å². The maximum absolute atomic E-state index is 12.7. The summed E-state index contributed by atoms with van der Waals surface area (Å²) in [4.78, 5) is 15.2. The zero-order chi connectivity index (χ0) is 21.8. The molecule has 3 aromatic rings. The molecule has 2 heterocycles. The average molecular weight is 422 g/mol. The minimum Gasteiger partial charge on any atom is -0.497 e. The monoisotopic (exact) mass is 421 g/mol. The number of likely N-dealkylation sites (tertiary alicyclic amines) is 1. The molecule has 1 fully saturated rings. The standard InChI is InChI=1S/C25H31N3O3/c1-27-16-20(23-6-4-5-7-24(23)27)17-28-10-8-19(9-11-28)25(29)26-15-18-12-21(30-2)14-22(13-18)31-3/h4-7,12-14,16,19H,8-11,15,17H2,1-3H3,(H,26,29). The highest BCUT2D eigenvalue weighted by atomic mass is 16.5. The van der Waals surface area contributed by atoms with E-state index in [0.29, 0.717) is 6.54 Å². The maximum atomic E-state index is 12.7. The van der Waals surface area contributed by atoms with E-state index in [0.717, 1.165) is 49.5 Å². The molecule has 2 aromatic carbocycles. The number of ether oxygens (including phenoxy) is 2. The Labute approximate surface area is 183 Å². The Morgan fingerprint density at radius 2 is 1.74 bits per heavy atom. The van der Waals surface area contributed by atoms with Crippen LogP contribution < -0.4 is 14.8 Å². The van der Waals surface area contributed by atoms with Crippen LogP contribution in [0.5, 0.6) is 11.5 Å². The summed E-state index contributed by atoms with van der Waals surface area (Å²) in [5.74, 6) is 1.65. The highest BCUT2D eigenvalue weighted by molar-refractivity contribution is 5.83. The average Bonchev–Trinajstić information content (AvgIpc) is 3.13. The first-order valence-corrected chi connectivity index (χ1v) is 10.8. The van der Waals surface area contributed by atoms with Gasteiger partial charge in [-0.3, -0.25) is 9.69 Å². The Morgan fingerprint density at radius 3 is 2.42 bits per heavy atom. The summed E-state index contributed by atoms with van der Waals surface area (Å²) >= 11 is 0. The third-order valence-corrected chi connectivity index (χ3v) is 6.21. The smallest absolute Gasteiger partial charge is 0.223 e. The van der Waals surface area contributed by atoms with E-state index in [4.69, 9.17) is 9.47 Å². The molecule has 1 amide bonds. The quantitative estimate of drug-likeness (QED) is 0.632. The van der Waals surface area contributed by atoms with Gasteiger partial charge < -0.3 is 19.4 Å². The van der Waals surface area contributed by atoms with E-state index < -0.39 is 0 Å². The van der Waals surface area contributed by atoms with Crippen molar-refractivity contribution in [1.82, 2.24) is 14.8 Å². The number of amides is 1. The van der Waals surface area contributed by atoms with E-state index in [2.05, 4.69) is 52.3 Å². The summed E-state index contributed by atoms with van der Waals surface area (Å²) in [6.07, 6.45) is 4.00. The first kappa shape index (κ1) is 21.2. The van der Waals surface area contributed by atoms with Gasteiger partial charge in [-0.15, -0.1) is 0 Å². The molecule has 1 aliphatic rings. The molecule has 4 rings (SSSR count). The summed E-state index contributed by atoms with van der Waals surface area (Å²) in [6.45, 7) is 3.28. The normalized spacial score (nSPS) is 15.2. The SMILES string of the molecule is COc1cc(CNC(=O)C2CCN(Cc3cn(C)c4ccccc34)CC2)cc(OC)c1. The van der Waals surface area contributed by atoms with E-state index >= 15 is 0 Å². The number of rotatable bonds is 7. The van der Waals surface area contributed by atoms with Crippen LogP contribution in [0.25, 0.3) is 10.9 Å². The molecular weight excluding hydrogens is 390 g/mol. The molecule has 1 N–H and O–H groups in total. The van der Waals surface area contributed by atoms with Gasteiger partial charge in [0, 0.05) is 49.2 Å². The number of benzene rings is 2. The number of carbonyl (C=O) groups is 1. The second-order valence-corrected chi connectivity index (χ2v) is 8.27. The van der Waals surface area contributed by atoms with Gasteiger partial charge in [-0.05, 0) is 55.3 Å². The second-order valence-electron chi connectivity index (χ2n) is 8.27. The lowest BCUT2D eigenvalue weighted by atomic mass is 9.95. The second kappa shape index (κ2) is 9.43. The molecule has 6 nitrogen and oxygen atoms in total. The number of aryl methyl sites for hydroxylation is 1. The zero-order valence-corrected chi connectivity index (χ0v) is 18.6. The Morgan fingerprint density at radius 1 is 1.06 bits per heavy atom.